The number of hydrogen-bond acceptors (Lipinski definition) is 3. The molecule has 0 aromatic rings. The van der Waals surface area contributed by atoms with E-state index in [0.29, 0.717) is 0 Å². The summed E-state index contributed by atoms with van der Waals surface area (Å²) >= 11 is 0. The van der Waals surface area contributed by atoms with Gasteiger partial charge in [-0.25, -0.2) is 0 Å². The first kappa shape index (κ1) is 44.0. The van der Waals surface area contributed by atoms with Crippen molar-refractivity contribution in [3.63, 3.8) is 0 Å². The minimum atomic E-state index is 0. The Balaban J connectivity index is -0.00000000500. The summed E-state index contributed by atoms with van der Waals surface area (Å²) in [7, 11) is 0. The Morgan fingerprint density at radius 3 is 0.625 bits per heavy atom. The third-order valence-corrected chi connectivity index (χ3v) is 0. The van der Waals surface area contributed by atoms with Crippen molar-refractivity contribution in [2.45, 2.75) is 0 Å². The molecule has 5 heteroatoms. The van der Waals surface area contributed by atoms with Crippen molar-refractivity contribution < 1.29 is 46.0 Å². The summed E-state index contributed by atoms with van der Waals surface area (Å²) in [4.78, 5) is 0. The van der Waals surface area contributed by atoms with E-state index in [2.05, 4.69) is 0 Å². The average Bonchev–Trinajstić information content (AvgIpc) is 1.81. The van der Waals surface area contributed by atoms with Crippen LogP contribution in [0.3, 0.4) is 0 Å². The molecular formula is C3N3NaNi. The SMILES string of the molecule is [C-]#N.[C-]#N.[C-]#N.[Na+].[Ni+2]. The summed E-state index contributed by atoms with van der Waals surface area (Å²) < 4.78 is 0. The first-order chi connectivity index (χ1) is 3.00. The molecule has 0 unspecified atom stereocenters. The number of rotatable bonds is 0. The van der Waals surface area contributed by atoms with E-state index in [9.17, 15) is 0 Å². The van der Waals surface area contributed by atoms with Crippen LogP contribution in [0.25, 0.3) is 0 Å². The van der Waals surface area contributed by atoms with Gasteiger partial charge in [-0.15, -0.1) is 0 Å². The first-order valence-electron chi connectivity index (χ1n) is 0.671. The molecule has 3 nitrogen and oxygen atoms in total. The van der Waals surface area contributed by atoms with E-state index in [1.807, 2.05) is 0 Å². The normalized spacial score (nSPS) is 0.750. The van der Waals surface area contributed by atoms with Crippen molar-refractivity contribution in [2.24, 2.45) is 0 Å². The molecule has 0 heterocycles. The van der Waals surface area contributed by atoms with Gasteiger partial charge in [-0.2, -0.15) is 0 Å². The van der Waals surface area contributed by atoms with Crippen LogP contribution in [0.2, 0.25) is 0 Å². The fourth-order valence-electron chi connectivity index (χ4n) is 0. The summed E-state index contributed by atoms with van der Waals surface area (Å²) in [6, 6.07) is 0. The first-order valence-corrected chi connectivity index (χ1v) is 0.671. The van der Waals surface area contributed by atoms with E-state index in [1.54, 1.807) is 0 Å². The molecule has 0 rings (SSSR count). The van der Waals surface area contributed by atoms with Gasteiger partial charge in [-0.05, 0) is 0 Å². The van der Waals surface area contributed by atoms with Crippen molar-refractivity contribution >= 4 is 0 Å². The zero-order valence-corrected chi connectivity index (χ0v) is 7.15. The van der Waals surface area contributed by atoms with Crippen LogP contribution in [0.5, 0.6) is 0 Å². The second-order valence-corrected chi connectivity index (χ2v) is 0. The molecule has 0 aliphatic carbocycles. The molecule has 0 aromatic heterocycles. The zero-order valence-electron chi connectivity index (χ0n) is 4.16. The van der Waals surface area contributed by atoms with Crippen LogP contribution < -0.4 is 29.6 Å². The Labute approximate surface area is 81.1 Å². The van der Waals surface area contributed by atoms with Crippen LogP contribution in [0.1, 0.15) is 0 Å². The van der Waals surface area contributed by atoms with Crippen LogP contribution in [-0.4, -0.2) is 0 Å². The van der Waals surface area contributed by atoms with Crippen molar-refractivity contribution in [3.05, 3.63) is 19.7 Å². The maximum absolute atomic E-state index is 6.25. The van der Waals surface area contributed by atoms with E-state index in [0.717, 1.165) is 0 Å². The molecule has 0 bridgehead atoms. The Hall–Kier alpha value is -0.0365. The summed E-state index contributed by atoms with van der Waals surface area (Å²) in [6.45, 7) is 14.2. The summed E-state index contributed by atoms with van der Waals surface area (Å²) in [5.41, 5.74) is 0. The molecule has 0 saturated carbocycles. The summed E-state index contributed by atoms with van der Waals surface area (Å²) in [5, 5.41) is 18.8. The molecule has 0 radical (unpaired) electrons. The van der Waals surface area contributed by atoms with Gasteiger partial charge in [0.2, 0.25) is 0 Å². The maximum atomic E-state index is 6.25. The molecule has 0 aromatic carbocycles. The third-order valence-electron chi connectivity index (χ3n) is 0. The van der Waals surface area contributed by atoms with Gasteiger partial charge in [0, 0.05) is 0 Å². The van der Waals surface area contributed by atoms with E-state index >= 15 is 0 Å². The molecule has 0 aliphatic heterocycles. The van der Waals surface area contributed by atoms with Gasteiger partial charge in [-0.3, -0.25) is 0 Å². The van der Waals surface area contributed by atoms with Gasteiger partial charge < -0.3 is 35.5 Å². The van der Waals surface area contributed by atoms with E-state index in [-0.39, 0.29) is 46.0 Å². The summed E-state index contributed by atoms with van der Waals surface area (Å²) in [6.07, 6.45) is 0. The second kappa shape index (κ2) is 186000. The molecule has 0 saturated heterocycles. The Morgan fingerprint density at radius 2 is 0.625 bits per heavy atom. The fourth-order valence-corrected chi connectivity index (χ4v) is 0. The van der Waals surface area contributed by atoms with Gasteiger partial charge >= 0.3 is 46.0 Å². The monoisotopic (exact) mass is 159 g/mol. The van der Waals surface area contributed by atoms with Crippen LogP contribution in [-0.2, 0) is 16.5 Å². The zero-order chi connectivity index (χ0) is 6.00. The van der Waals surface area contributed by atoms with Crippen LogP contribution >= 0.6 is 0 Å². The number of hydrogen-bond donors (Lipinski definition) is 0. The average molecular weight is 160 g/mol. The van der Waals surface area contributed by atoms with Crippen LogP contribution in [0, 0.1) is 35.5 Å². The van der Waals surface area contributed by atoms with E-state index in [1.165, 1.54) is 0 Å². The molecule has 0 atom stereocenters. The van der Waals surface area contributed by atoms with Gasteiger partial charge in [0.1, 0.15) is 0 Å². The van der Waals surface area contributed by atoms with Gasteiger partial charge in [-0.1, -0.05) is 0 Å². The Bertz CT molecular complexity index is 43.0. The minimum Gasteiger partial charge on any atom is -0.512 e. The standard InChI is InChI=1S/3CN.Na.Ni/c3*1-2;;/q3*-1;+1;+2. The maximum Gasteiger partial charge on any atom is 2.00 e. The fraction of sp³-hybridized carbons (Fsp3) is 0. The molecule has 0 fully saturated rings. The van der Waals surface area contributed by atoms with Crippen LogP contribution in [0.4, 0.5) is 0 Å². The Morgan fingerprint density at radius 1 is 0.625 bits per heavy atom. The Kier molecular flexibility index (Phi) is 1020000. The topological polar surface area (TPSA) is 71.4 Å². The third kappa shape index (κ3) is 110000. The molecule has 38 valence electrons. The predicted molar refractivity (Wildman–Crippen MR) is 14.9 cm³/mol. The number of nitrogens with zero attached hydrogens (tertiary/aromatic N) is 3. The van der Waals surface area contributed by atoms with Crippen molar-refractivity contribution in [2.75, 3.05) is 0 Å². The summed E-state index contributed by atoms with van der Waals surface area (Å²) in [5.74, 6) is 0. The minimum absolute atomic E-state index is 0. The molecule has 0 amide bonds. The van der Waals surface area contributed by atoms with Crippen LogP contribution in [0.15, 0.2) is 0 Å². The van der Waals surface area contributed by atoms with E-state index in [4.69, 9.17) is 35.5 Å². The van der Waals surface area contributed by atoms with Crippen molar-refractivity contribution in [1.29, 1.82) is 15.8 Å². The molecule has 0 aliphatic rings. The molecule has 0 N–H and O–H groups in total. The predicted octanol–water partition coefficient (Wildman–Crippen LogP) is -2.71. The molecule has 0 spiro atoms. The molecule has 8 heavy (non-hydrogen) atoms. The van der Waals surface area contributed by atoms with Crippen molar-refractivity contribution in [3.8, 4) is 0 Å². The van der Waals surface area contributed by atoms with E-state index < -0.39 is 0 Å². The largest absolute Gasteiger partial charge is 2.00 e. The molecular weight excluding hydrogens is 160 g/mol. The van der Waals surface area contributed by atoms with Gasteiger partial charge in [0.25, 0.3) is 0 Å². The van der Waals surface area contributed by atoms with Crippen molar-refractivity contribution in [1.82, 2.24) is 0 Å². The quantitative estimate of drug-likeness (QED) is 0.285. The van der Waals surface area contributed by atoms with Gasteiger partial charge in [0.05, 0.1) is 0 Å². The smallest absolute Gasteiger partial charge is 0.512 e. The second-order valence-electron chi connectivity index (χ2n) is 0. The van der Waals surface area contributed by atoms with Gasteiger partial charge in [0.15, 0.2) is 0 Å².